The molecule has 1 aliphatic rings. The summed E-state index contributed by atoms with van der Waals surface area (Å²) in [5.41, 5.74) is 1.98. The highest BCUT2D eigenvalue weighted by Crippen LogP contribution is 2.40. The third-order valence-electron chi connectivity index (χ3n) is 5.44. The van der Waals surface area contributed by atoms with Crippen LogP contribution in [0.1, 0.15) is 11.1 Å². The number of hydrogen-bond donors (Lipinski definition) is 0. The Morgan fingerprint density at radius 3 is 1.93 bits per heavy atom. The predicted octanol–water partition coefficient (Wildman–Crippen LogP) is 3.30. The van der Waals surface area contributed by atoms with Gasteiger partial charge in [-0.15, -0.1) is 0 Å². The first-order valence-electron chi connectivity index (χ1n) is 9.71. The fourth-order valence-electron chi connectivity index (χ4n) is 3.87. The molecule has 2 aromatic rings. The molecule has 0 amide bonds. The summed E-state index contributed by atoms with van der Waals surface area (Å²) in [6.07, 6.45) is 1.22. The summed E-state index contributed by atoms with van der Waals surface area (Å²) >= 11 is 0. The van der Waals surface area contributed by atoms with Crippen LogP contribution in [0, 0.1) is 11.8 Å². The summed E-state index contributed by atoms with van der Waals surface area (Å²) in [6, 6.07) is 9.53. The second kappa shape index (κ2) is 9.61. The number of esters is 1. The van der Waals surface area contributed by atoms with Gasteiger partial charge >= 0.3 is 5.97 Å². The lowest BCUT2D eigenvalue weighted by atomic mass is 9.85. The van der Waals surface area contributed by atoms with Gasteiger partial charge in [0.15, 0.2) is 23.0 Å². The Balaban J connectivity index is 1.82. The Kier molecular flexibility index (Phi) is 6.92. The maximum atomic E-state index is 12.5. The van der Waals surface area contributed by atoms with Crippen molar-refractivity contribution >= 4 is 5.97 Å². The van der Waals surface area contributed by atoms with Crippen molar-refractivity contribution in [1.82, 2.24) is 0 Å². The van der Waals surface area contributed by atoms with Crippen LogP contribution in [0.15, 0.2) is 30.3 Å². The number of rotatable bonds is 9. The molecule has 0 aromatic heterocycles. The summed E-state index contributed by atoms with van der Waals surface area (Å²) in [7, 11) is 7.94. The highest BCUT2D eigenvalue weighted by Gasteiger charge is 2.37. The molecular weight excluding hydrogens is 388 g/mol. The molecule has 2 atom stereocenters. The first kappa shape index (κ1) is 21.6. The SMILES string of the molecule is COc1ccc(CC2C(=O)OCC2Cc2cc(OC)c(OC)c(OC)c2)cc1OC. The molecule has 2 aromatic carbocycles. The number of ether oxygens (including phenoxy) is 6. The molecule has 0 bridgehead atoms. The van der Waals surface area contributed by atoms with Crippen LogP contribution in [0.3, 0.4) is 0 Å². The van der Waals surface area contributed by atoms with Crippen LogP contribution in [-0.2, 0) is 22.4 Å². The van der Waals surface area contributed by atoms with Gasteiger partial charge in [0.05, 0.1) is 48.1 Å². The van der Waals surface area contributed by atoms with Gasteiger partial charge in [0, 0.05) is 5.92 Å². The summed E-state index contributed by atoms with van der Waals surface area (Å²) in [5.74, 6) is 2.64. The molecule has 0 N–H and O–H groups in total. The first-order valence-corrected chi connectivity index (χ1v) is 9.71. The maximum absolute atomic E-state index is 12.5. The number of hydrogen-bond acceptors (Lipinski definition) is 7. The van der Waals surface area contributed by atoms with Gasteiger partial charge in [0.2, 0.25) is 5.75 Å². The third kappa shape index (κ3) is 4.40. The zero-order valence-electron chi connectivity index (χ0n) is 18.0. The van der Waals surface area contributed by atoms with Crippen molar-refractivity contribution in [2.45, 2.75) is 12.8 Å². The van der Waals surface area contributed by atoms with E-state index in [1.807, 2.05) is 30.3 Å². The Bertz CT molecular complexity index is 868. The Hall–Kier alpha value is -3.09. The van der Waals surface area contributed by atoms with E-state index in [1.54, 1.807) is 35.5 Å². The van der Waals surface area contributed by atoms with E-state index in [9.17, 15) is 4.79 Å². The van der Waals surface area contributed by atoms with Gasteiger partial charge in [0.1, 0.15) is 0 Å². The lowest BCUT2D eigenvalue weighted by molar-refractivity contribution is -0.141. The number of cyclic esters (lactones) is 1. The molecule has 7 nitrogen and oxygen atoms in total. The molecule has 1 saturated heterocycles. The van der Waals surface area contributed by atoms with Crippen molar-refractivity contribution in [3.63, 3.8) is 0 Å². The largest absolute Gasteiger partial charge is 0.493 e. The molecule has 3 rings (SSSR count). The Morgan fingerprint density at radius 2 is 1.37 bits per heavy atom. The summed E-state index contributed by atoms with van der Waals surface area (Å²) in [5, 5.41) is 0. The van der Waals surface area contributed by atoms with Crippen molar-refractivity contribution < 1.29 is 33.2 Å². The van der Waals surface area contributed by atoms with Crippen molar-refractivity contribution in [3.8, 4) is 28.7 Å². The average Bonchev–Trinajstić information content (AvgIpc) is 3.11. The molecule has 0 saturated carbocycles. The van der Waals surface area contributed by atoms with Crippen LogP contribution >= 0.6 is 0 Å². The van der Waals surface area contributed by atoms with Crippen molar-refractivity contribution in [3.05, 3.63) is 41.5 Å². The maximum Gasteiger partial charge on any atom is 0.309 e. The van der Waals surface area contributed by atoms with Crippen molar-refractivity contribution in [1.29, 1.82) is 0 Å². The fourth-order valence-corrected chi connectivity index (χ4v) is 3.87. The zero-order valence-corrected chi connectivity index (χ0v) is 18.0. The topological polar surface area (TPSA) is 72.5 Å². The van der Waals surface area contributed by atoms with E-state index in [2.05, 4.69) is 0 Å². The standard InChI is InChI=1S/C23H28O7/c1-25-18-7-6-14(10-19(18)26-2)9-17-16(13-30-23(17)24)8-15-11-20(27-3)22(29-5)21(12-15)28-4/h6-7,10-12,16-17H,8-9,13H2,1-5H3. The van der Waals surface area contributed by atoms with E-state index < -0.39 is 0 Å². The smallest absolute Gasteiger partial charge is 0.309 e. The van der Waals surface area contributed by atoms with Crippen LogP contribution in [0.25, 0.3) is 0 Å². The van der Waals surface area contributed by atoms with Crippen molar-refractivity contribution in [2.75, 3.05) is 42.2 Å². The molecule has 0 aliphatic carbocycles. The highest BCUT2D eigenvalue weighted by molar-refractivity contribution is 5.75. The van der Waals surface area contributed by atoms with E-state index in [-0.39, 0.29) is 17.8 Å². The number of carbonyl (C=O) groups is 1. The summed E-state index contributed by atoms with van der Waals surface area (Å²) in [6.45, 7) is 0.382. The van der Waals surface area contributed by atoms with Crippen LogP contribution in [-0.4, -0.2) is 48.1 Å². The number of carbonyl (C=O) groups excluding carboxylic acids is 1. The molecule has 7 heteroatoms. The molecular formula is C23H28O7. The summed E-state index contributed by atoms with van der Waals surface area (Å²) in [4.78, 5) is 12.5. The minimum Gasteiger partial charge on any atom is -0.493 e. The van der Waals surface area contributed by atoms with E-state index in [4.69, 9.17) is 28.4 Å². The molecule has 1 fully saturated rings. The van der Waals surface area contributed by atoms with Gasteiger partial charge in [-0.3, -0.25) is 4.79 Å². The average molecular weight is 416 g/mol. The number of methoxy groups -OCH3 is 5. The Labute approximate surface area is 176 Å². The van der Waals surface area contributed by atoms with Gasteiger partial charge in [-0.1, -0.05) is 6.07 Å². The third-order valence-corrected chi connectivity index (χ3v) is 5.44. The predicted molar refractivity (Wildman–Crippen MR) is 111 cm³/mol. The van der Waals surface area contributed by atoms with Crippen molar-refractivity contribution in [2.24, 2.45) is 11.8 Å². The van der Waals surface area contributed by atoms with Crippen LogP contribution < -0.4 is 23.7 Å². The number of benzene rings is 2. The summed E-state index contributed by atoms with van der Waals surface area (Å²) < 4.78 is 32.4. The minimum atomic E-state index is -0.248. The van der Waals surface area contributed by atoms with Gasteiger partial charge in [-0.25, -0.2) is 0 Å². The van der Waals surface area contributed by atoms with E-state index >= 15 is 0 Å². The van der Waals surface area contributed by atoms with Crippen LogP contribution in [0.5, 0.6) is 28.7 Å². The molecule has 162 valence electrons. The first-order chi connectivity index (χ1) is 14.5. The van der Waals surface area contributed by atoms with E-state index in [0.29, 0.717) is 48.2 Å². The molecule has 1 aliphatic heterocycles. The van der Waals surface area contributed by atoms with Gasteiger partial charge < -0.3 is 28.4 Å². The van der Waals surface area contributed by atoms with E-state index in [1.165, 1.54) is 0 Å². The molecule has 2 unspecified atom stereocenters. The molecule has 30 heavy (non-hydrogen) atoms. The quantitative estimate of drug-likeness (QED) is 0.581. The molecule has 1 heterocycles. The molecule has 0 radical (unpaired) electrons. The van der Waals surface area contributed by atoms with Gasteiger partial charge in [-0.05, 0) is 48.2 Å². The lowest BCUT2D eigenvalue weighted by Gasteiger charge is -2.18. The fraction of sp³-hybridized carbons (Fsp3) is 0.435. The zero-order chi connectivity index (χ0) is 21.7. The monoisotopic (exact) mass is 416 g/mol. The normalized spacial score (nSPS) is 18.0. The highest BCUT2D eigenvalue weighted by atomic mass is 16.5. The Morgan fingerprint density at radius 1 is 0.767 bits per heavy atom. The van der Waals surface area contributed by atoms with E-state index in [0.717, 1.165) is 11.1 Å². The second-order valence-electron chi connectivity index (χ2n) is 7.13. The minimum absolute atomic E-state index is 0.0356. The van der Waals surface area contributed by atoms with Crippen LogP contribution in [0.4, 0.5) is 0 Å². The van der Waals surface area contributed by atoms with Crippen LogP contribution in [0.2, 0.25) is 0 Å². The van der Waals surface area contributed by atoms with Gasteiger partial charge in [0.25, 0.3) is 0 Å². The lowest BCUT2D eigenvalue weighted by Crippen LogP contribution is -2.20. The second-order valence-corrected chi connectivity index (χ2v) is 7.13. The molecule has 0 spiro atoms. The van der Waals surface area contributed by atoms with Gasteiger partial charge in [-0.2, -0.15) is 0 Å².